The Kier molecular flexibility index (Phi) is 3.66. The van der Waals surface area contributed by atoms with Crippen molar-refractivity contribution < 1.29 is 17.9 Å². The molecule has 1 saturated carbocycles. The van der Waals surface area contributed by atoms with Crippen molar-refractivity contribution in [3.63, 3.8) is 0 Å². The number of aliphatic imine (C=N–C) groups is 1. The first-order valence-corrected chi connectivity index (χ1v) is 8.53. The Balaban J connectivity index is 1.75. The molecule has 1 N–H and O–H groups in total. The van der Waals surface area contributed by atoms with Crippen LogP contribution < -0.4 is 4.72 Å². The zero-order chi connectivity index (χ0) is 13.3. The summed E-state index contributed by atoms with van der Waals surface area (Å²) in [6, 6.07) is 0.387. The summed E-state index contributed by atoms with van der Waals surface area (Å²) in [7, 11) is -3.41. The van der Waals surface area contributed by atoms with Gasteiger partial charge in [0.25, 0.3) is 6.02 Å². The van der Waals surface area contributed by atoms with E-state index in [1.807, 2.05) is 0 Å². The van der Waals surface area contributed by atoms with Crippen molar-refractivity contribution in [2.24, 2.45) is 4.99 Å². The molecule has 3 fully saturated rings. The minimum absolute atomic E-state index is 0.190. The standard InChI is InChI=1S/C12H20N2O4S/c15-19(16)11-8-17-7-6-10(11)18-12(14-19)13-9-4-2-1-3-5-9/h9-11H,1-8H2,(H,13,14)/t10-,11-/m1/s1. The molecule has 0 radical (unpaired) electrons. The molecule has 2 aliphatic heterocycles. The fraction of sp³-hybridized carbons (Fsp3) is 0.917. The summed E-state index contributed by atoms with van der Waals surface area (Å²) in [4.78, 5) is 4.45. The SMILES string of the molecule is O=S1(=O)NC(=NC2CCCCC2)O[C@@H]2CCOC[C@H]21. The van der Waals surface area contributed by atoms with Crippen LogP contribution in [-0.2, 0) is 19.5 Å². The van der Waals surface area contributed by atoms with Crippen LogP contribution in [0.25, 0.3) is 0 Å². The third-order valence-electron chi connectivity index (χ3n) is 4.01. The minimum Gasteiger partial charge on any atom is -0.460 e. The molecule has 0 aromatic rings. The van der Waals surface area contributed by atoms with Crippen LogP contribution in [0.1, 0.15) is 38.5 Å². The van der Waals surface area contributed by atoms with Crippen LogP contribution in [0.4, 0.5) is 0 Å². The number of nitrogens with zero attached hydrogens (tertiary/aromatic N) is 1. The maximum atomic E-state index is 12.1. The molecule has 2 heterocycles. The highest BCUT2D eigenvalue weighted by molar-refractivity contribution is 7.90. The van der Waals surface area contributed by atoms with Crippen molar-refractivity contribution in [3.8, 4) is 0 Å². The van der Waals surface area contributed by atoms with E-state index in [4.69, 9.17) is 9.47 Å². The zero-order valence-corrected chi connectivity index (χ0v) is 11.7. The lowest BCUT2D eigenvalue weighted by atomic mass is 9.96. The Morgan fingerprint density at radius 3 is 2.74 bits per heavy atom. The van der Waals surface area contributed by atoms with Crippen molar-refractivity contribution >= 4 is 16.0 Å². The van der Waals surface area contributed by atoms with Crippen LogP contribution in [0, 0.1) is 0 Å². The van der Waals surface area contributed by atoms with Crippen LogP contribution in [0.2, 0.25) is 0 Å². The third kappa shape index (κ3) is 2.86. The van der Waals surface area contributed by atoms with Crippen molar-refractivity contribution in [2.45, 2.75) is 55.9 Å². The number of ether oxygens (including phenoxy) is 2. The highest BCUT2D eigenvalue weighted by Gasteiger charge is 2.43. The van der Waals surface area contributed by atoms with Gasteiger partial charge in [-0.05, 0) is 12.8 Å². The van der Waals surface area contributed by atoms with Crippen LogP contribution in [-0.4, -0.2) is 45.0 Å². The number of amidine groups is 1. The Bertz CT molecular complexity index is 456. The Morgan fingerprint density at radius 1 is 1.16 bits per heavy atom. The van der Waals surface area contributed by atoms with E-state index in [2.05, 4.69) is 9.71 Å². The summed E-state index contributed by atoms with van der Waals surface area (Å²) in [5, 5.41) is -0.605. The van der Waals surface area contributed by atoms with Gasteiger partial charge in [-0.15, -0.1) is 0 Å². The average Bonchev–Trinajstić information content (AvgIpc) is 2.39. The predicted octanol–water partition coefficient (Wildman–Crippen LogP) is 0.782. The molecule has 3 aliphatic rings. The van der Waals surface area contributed by atoms with Crippen LogP contribution >= 0.6 is 0 Å². The second-order valence-corrected chi connectivity index (χ2v) is 7.33. The van der Waals surface area contributed by atoms with Gasteiger partial charge in [0, 0.05) is 6.42 Å². The largest absolute Gasteiger partial charge is 0.460 e. The monoisotopic (exact) mass is 288 g/mol. The summed E-state index contributed by atoms with van der Waals surface area (Å²) >= 11 is 0. The minimum atomic E-state index is -3.41. The quantitative estimate of drug-likeness (QED) is 0.773. The van der Waals surface area contributed by atoms with E-state index in [1.165, 1.54) is 6.42 Å². The van der Waals surface area contributed by atoms with Gasteiger partial charge >= 0.3 is 0 Å². The molecule has 0 aromatic heterocycles. The average molecular weight is 288 g/mol. The number of fused-ring (bicyclic) bond motifs is 1. The molecule has 1 aliphatic carbocycles. The van der Waals surface area contributed by atoms with Crippen molar-refractivity contribution in [1.82, 2.24) is 4.72 Å². The van der Waals surface area contributed by atoms with Crippen LogP contribution in [0.5, 0.6) is 0 Å². The van der Waals surface area contributed by atoms with Crippen LogP contribution in [0.15, 0.2) is 4.99 Å². The fourth-order valence-electron chi connectivity index (χ4n) is 2.91. The van der Waals surface area contributed by atoms with E-state index in [9.17, 15) is 8.42 Å². The molecule has 0 unspecified atom stereocenters. The number of rotatable bonds is 1. The molecule has 2 saturated heterocycles. The molecule has 0 aromatic carbocycles. The van der Waals surface area contributed by atoms with E-state index in [0.717, 1.165) is 25.7 Å². The molecule has 0 spiro atoms. The lowest BCUT2D eigenvalue weighted by Crippen LogP contribution is -2.57. The van der Waals surface area contributed by atoms with Crippen molar-refractivity contribution in [3.05, 3.63) is 0 Å². The molecule has 6 nitrogen and oxygen atoms in total. The van der Waals surface area contributed by atoms with Gasteiger partial charge in [-0.2, -0.15) is 0 Å². The summed E-state index contributed by atoms with van der Waals surface area (Å²) in [6.45, 7) is 0.754. The Labute approximate surface area is 113 Å². The maximum Gasteiger partial charge on any atom is 0.299 e. The third-order valence-corrected chi connectivity index (χ3v) is 5.71. The molecular weight excluding hydrogens is 268 g/mol. The van der Waals surface area contributed by atoms with E-state index < -0.39 is 15.3 Å². The number of nitrogens with one attached hydrogen (secondary N) is 1. The Hall–Kier alpha value is -0.820. The van der Waals surface area contributed by atoms with Gasteiger partial charge in [-0.3, -0.25) is 0 Å². The first-order chi connectivity index (χ1) is 9.15. The highest BCUT2D eigenvalue weighted by Crippen LogP contribution is 2.24. The first-order valence-electron chi connectivity index (χ1n) is 6.99. The number of sulfonamides is 1. The van der Waals surface area contributed by atoms with E-state index in [-0.39, 0.29) is 24.8 Å². The van der Waals surface area contributed by atoms with Crippen molar-refractivity contribution in [2.75, 3.05) is 13.2 Å². The molecule has 3 rings (SSSR count). The van der Waals surface area contributed by atoms with E-state index in [1.54, 1.807) is 0 Å². The first kappa shape index (κ1) is 13.2. The topological polar surface area (TPSA) is 77.0 Å². The van der Waals surface area contributed by atoms with Gasteiger partial charge < -0.3 is 9.47 Å². The van der Waals surface area contributed by atoms with Gasteiger partial charge in [0.1, 0.15) is 11.4 Å². The van der Waals surface area contributed by atoms with Gasteiger partial charge in [-0.25, -0.2) is 18.1 Å². The van der Waals surface area contributed by atoms with Gasteiger partial charge in [0.05, 0.1) is 19.3 Å². The van der Waals surface area contributed by atoms with Gasteiger partial charge in [0.15, 0.2) is 0 Å². The normalized spacial score (nSPS) is 37.2. The molecule has 7 heteroatoms. The zero-order valence-electron chi connectivity index (χ0n) is 10.9. The smallest absolute Gasteiger partial charge is 0.299 e. The lowest BCUT2D eigenvalue weighted by molar-refractivity contribution is 0.0175. The molecular formula is C12H20N2O4S. The molecule has 0 amide bonds. The number of hydrogen-bond acceptors (Lipinski definition) is 5. The molecule has 108 valence electrons. The lowest BCUT2D eigenvalue weighted by Gasteiger charge is -2.36. The van der Waals surface area contributed by atoms with Crippen LogP contribution in [0.3, 0.4) is 0 Å². The van der Waals surface area contributed by atoms with Gasteiger partial charge in [0.2, 0.25) is 10.0 Å². The number of hydrogen-bond donors (Lipinski definition) is 1. The van der Waals surface area contributed by atoms with E-state index >= 15 is 0 Å². The molecule has 0 bridgehead atoms. The predicted molar refractivity (Wildman–Crippen MR) is 70.5 cm³/mol. The fourth-order valence-corrected chi connectivity index (χ4v) is 4.28. The van der Waals surface area contributed by atoms with Crippen molar-refractivity contribution in [1.29, 1.82) is 0 Å². The second-order valence-electron chi connectivity index (χ2n) is 5.43. The summed E-state index contributed by atoms with van der Waals surface area (Å²) in [6.07, 6.45) is 5.90. The van der Waals surface area contributed by atoms with Gasteiger partial charge in [-0.1, -0.05) is 19.3 Å². The molecule has 19 heavy (non-hydrogen) atoms. The summed E-state index contributed by atoms with van der Waals surface area (Å²) in [5.41, 5.74) is 0. The summed E-state index contributed by atoms with van der Waals surface area (Å²) < 4.78 is 37.6. The molecule has 2 atom stereocenters. The second kappa shape index (κ2) is 5.28. The highest BCUT2D eigenvalue weighted by atomic mass is 32.2. The van der Waals surface area contributed by atoms with E-state index in [0.29, 0.717) is 13.0 Å². The maximum absolute atomic E-state index is 12.1. The summed E-state index contributed by atoms with van der Waals surface area (Å²) in [5.74, 6) is 0. The Morgan fingerprint density at radius 2 is 1.95 bits per heavy atom.